The van der Waals surface area contributed by atoms with Crippen LogP contribution in [0.15, 0.2) is 28.8 Å². The number of aromatic amines is 1. The van der Waals surface area contributed by atoms with Gasteiger partial charge in [0.25, 0.3) is 5.91 Å². The van der Waals surface area contributed by atoms with Crippen molar-refractivity contribution in [3.63, 3.8) is 0 Å². The molecule has 0 bridgehead atoms. The van der Waals surface area contributed by atoms with E-state index in [-0.39, 0.29) is 5.91 Å². The number of nitrogens with zero attached hydrogens (tertiary/aromatic N) is 1. The van der Waals surface area contributed by atoms with Crippen molar-refractivity contribution in [1.82, 2.24) is 10.1 Å². The fourth-order valence-corrected chi connectivity index (χ4v) is 2.00. The number of nitrogens with two attached hydrogens (primary N) is 1. The Morgan fingerprint density at radius 1 is 1.40 bits per heavy atom. The van der Waals surface area contributed by atoms with Gasteiger partial charge in [0.05, 0.1) is 16.9 Å². The molecule has 2 aromatic heterocycles. The van der Waals surface area contributed by atoms with Gasteiger partial charge in [-0.25, -0.2) is 0 Å². The summed E-state index contributed by atoms with van der Waals surface area (Å²) in [6.45, 7) is 3.66. The maximum atomic E-state index is 12.2. The standard InChI is InChI=1S/C14H14N4O2/c1-7-8(2)18-20-14(7)17-13(19)11-6-9-4-3-5-10(15)12(9)16-11/h3-6,16H,15H2,1-2H3,(H,17,19). The lowest BCUT2D eigenvalue weighted by molar-refractivity contribution is 0.102. The monoisotopic (exact) mass is 270 g/mol. The summed E-state index contributed by atoms with van der Waals surface area (Å²) in [5.74, 6) is 0.0685. The molecule has 3 aromatic rings. The van der Waals surface area contributed by atoms with E-state index < -0.39 is 0 Å². The number of H-pyrrole nitrogens is 1. The van der Waals surface area contributed by atoms with Crippen LogP contribution in [-0.4, -0.2) is 16.0 Å². The van der Waals surface area contributed by atoms with Gasteiger partial charge < -0.3 is 15.2 Å². The van der Waals surface area contributed by atoms with Gasteiger partial charge in [0.2, 0.25) is 5.88 Å². The van der Waals surface area contributed by atoms with Gasteiger partial charge in [0.15, 0.2) is 0 Å². The number of para-hydroxylation sites is 1. The number of anilines is 2. The largest absolute Gasteiger partial charge is 0.397 e. The van der Waals surface area contributed by atoms with Crippen molar-refractivity contribution in [2.24, 2.45) is 0 Å². The normalized spacial score (nSPS) is 10.9. The molecule has 0 atom stereocenters. The van der Waals surface area contributed by atoms with E-state index in [1.165, 1.54) is 0 Å². The molecule has 0 spiro atoms. The summed E-state index contributed by atoms with van der Waals surface area (Å²) in [5, 5.41) is 7.38. The van der Waals surface area contributed by atoms with Crippen molar-refractivity contribution < 1.29 is 9.32 Å². The molecule has 20 heavy (non-hydrogen) atoms. The second-order valence-corrected chi connectivity index (χ2v) is 4.67. The van der Waals surface area contributed by atoms with Gasteiger partial charge in [-0.3, -0.25) is 10.1 Å². The third kappa shape index (κ3) is 1.91. The zero-order valence-corrected chi connectivity index (χ0v) is 11.2. The lowest BCUT2D eigenvalue weighted by Crippen LogP contribution is -2.12. The van der Waals surface area contributed by atoms with Crippen LogP contribution in [0.1, 0.15) is 21.7 Å². The van der Waals surface area contributed by atoms with Gasteiger partial charge in [0, 0.05) is 10.9 Å². The summed E-state index contributed by atoms with van der Waals surface area (Å²) in [4.78, 5) is 15.2. The van der Waals surface area contributed by atoms with E-state index >= 15 is 0 Å². The highest BCUT2D eigenvalue weighted by Crippen LogP contribution is 2.23. The molecule has 0 fully saturated rings. The Kier molecular flexibility index (Phi) is 2.71. The van der Waals surface area contributed by atoms with Crippen LogP contribution in [0.3, 0.4) is 0 Å². The van der Waals surface area contributed by atoms with Gasteiger partial charge in [-0.15, -0.1) is 0 Å². The Morgan fingerprint density at radius 3 is 2.85 bits per heavy atom. The predicted octanol–water partition coefficient (Wildman–Crippen LogP) is 2.61. The van der Waals surface area contributed by atoms with Crippen LogP contribution in [0, 0.1) is 13.8 Å². The van der Waals surface area contributed by atoms with E-state index in [0.717, 1.165) is 22.2 Å². The summed E-state index contributed by atoms with van der Waals surface area (Å²) in [5.41, 5.74) is 9.20. The number of aromatic nitrogens is 2. The summed E-state index contributed by atoms with van der Waals surface area (Å²) in [6.07, 6.45) is 0. The van der Waals surface area contributed by atoms with E-state index in [9.17, 15) is 4.79 Å². The van der Waals surface area contributed by atoms with Crippen molar-refractivity contribution in [3.8, 4) is 0 Å². The van der Waals surface area contributed by atoms with Crippen molar-refractivity contribution >= 4 is 28.4 Å². The minimum atomic E-state index is -0.292. The Hall–Kier alpha value is -2.76. The molecule has 0 aliphatic carbocycles. The summed E-state index contributed by atoms with van der Waals surface area (Å²) < 4.78 is 5.06. The predicted molar refractivity (Wildman–Crippen MR) is 76.6 cm³/mol. The van der Waals surface area contributed by atoms with E-state index in [2.05, 4.69) is 15.5 Å². The van der Waals surface area contributed by atoms with Crippen molar-refractivity contribution in [2.45, 2.75) is 13.8 Å². The van der Waals surface area contributed by atoms with Gasteiger partial charge >= 0.3 is 0 Å². The van der Waals surface area contributed by atoms with E-state index in [1.54, 1.807) is 12.1 Å². The lowest BCUT2D eigenvalue weighted by atomic mass is 10.2. The topological polar surface area (TPSA) is 96.9 Å². The summed E-state index contributed by atoms with van der Waals surface area (Å²) in [7, 11) is 0. The van der Waals surface area contributed by atoms with Crippen LogP contribution in [0.2, 0.25) is 0 Å². The zero-order chi connectivity index (χ0) is 14.3. The van der Waals surface area contributed by atoms with Gasteiger partial charge in [-0.05, 0) is 26.0 Å². The minimum absolute atomic E-state index is 0.292. The summed E-state index contributed by atoms with van der Waals surface area (Å²) in [6, 6.07) is 7.27. The molecule has 0 radical (unpaired) electrons. The molecule has 6 heteroatoms. The molecule has 0 unspecified atom stereocenters. The Morgan fingerprint density at radius 2 is 2.20 bits per heavy atom. The van der Waals surface area contributed by atoms with Gasteiger partial charge in [-0.2, -0.15) is 0 Å². The molecule has 2 heterocycles. The highest BCUT2D eigenvalue weighted by molar-refractivity contribution is 6.06. The molecule has 0 saturated carbocycles. The molecule has 0 saturated heterocycles. The van der Waals surface area contributed by atoms with E-state index in [0.29, 0.717) is 17.3 Å². The highest BCUT2D eigenvalue weighted by Gasteiger charge is 2.15. The average molecular weight is 270 g/mol. The van der Waals surface area contributed by atoms with Crippen molar-refractivity contribution in [3.05, 3.63) is 41.2 Å². The Balaban J connectivity index is 1.93. The molecule has 4 N–H and O–H groups in total. The first-order valence-corrected chi connectivity index (χ1v) is 6.17. The zero-order valence-electron chi connectivity index (χ0n) is 11.2. The number of carbonyl (C=O) groups excluding carboxylic acids is 1. The number of nitrogen functional groups attached to an aromatic ring is 1. The Bertz CT molecular complexity index is 801. The number of hydrogen-bond donors (Lipinski definition) is 3. The maximum absolute atomic E-state index is 12.2. The SMILES string of the molecule is Cc1noc(NC(=O)c2cc3cccc(N)c3[nH]2)c1C. The average Bonchev–Trinajstić information content (AvgIpc) is 2.99. The fourth-order valence-electron chi connectivity index (χ4n) is 2.00. The van der Waals surface area contributed by atoms with E-state index in [1.807, 2.05) is 26.0 Å². The second kappa shape index (κ2) is 4.41. The van der Waals surface area contributed by atoms with Crippen molar-refractivity contribution in [2.75, 3.05) is 11.1 Å². The number of amides is 1. The van der Waals surface area contributed by atoms with Crippen LogP contribution in [0.5, 0.6) is 0 Å². The van der Waals surface area contributed by atoms with Crippen LogP contribution in [0.25, 0.3) is 10.9 Å². The van der Waals surface area contributed by atoms with E-state index in [4.69, 9.17) is 10.3 Å². The van der Waals surface area contributed by atoms with Crippen LogP contribution >= 0.6 is 0 Å². The quantitative estimate of drug-likeness (QED) is 0.623. The van der Waals surface area contributed by atoms with Crippen LogP contribution in [0.4, 0.5) is 11.6 Å². The molecule has 0 aliphatic heterocycles. The molecule has 6 nitrogen and oxygen atoms in total. The van der Waals surface area contributed by atoms with Crippen LogP contribution in [-0.2, 0) is 0 Å². The number of hydrogen-bond acceptors (Lipinski definition) is 4. The summed E-state index contributed by atoms with van der Waals surface area (Å²) >= 11 is 0. The number of aryl methyl sites for hydroxylation is 1. The number of rotatable bonds is 2. The second-order valence-electron chi connectivity index (χ2n) is 4.67. The van der Waals surface area contributed by atoms with Crippen molar-refractivity contribution in [1.29, 1.82) is 0 Å². The minimum Gasteiger partial charge on any atom is -0.397 e. The number of nitrogens with one attached hydrogen (secondary N) is 2. The molecular weight excluding hydrogens is 256 g/mol. The molecule has 3 rings (SSSR count). The van der Waals surface area contributed by atoms with Crippen LogP contribution < -0.4 is 11.1 Å². The lowest BCUT2D eigenvalue weighted by Gasteiger charge is -1.99. The first kappa shape index (κ1) is 12.3. The fraction of sp³-hybridized carbons (Fsp3) is 0.143. The first-order valence-electron chi connectivity index (χ1n) is 6.17. The third-order valence-corrected chi connectivity index (χ3v) is 3.32. The van der Waals surface area contributed by atoms with Gasteiger partial charge in [0.1, 0.15) is 5.69 Å². The number of benzene rings is 1. The molecule has 102 valence electrons. The molecule has 0 aliphatic rings. The Labute approximate surface area is 114 Å². The first-order chi connectivity index (χ1) is 9.56. The maximum Gasteiger partial charge on any atom is 0.274 e. The number of carbonyl (C=O) groups is 1. The smallest absolute Gasteiger partial charge is 0.274 e. The molecule has 1 amide bonds. The molecular formula is C14H14N4O2. The highest BCUT2D eigenvalue weighted by atomic mass is 16.5. The third-order valence-electron chi connectivity index (χ3n) is 3.32. The van der Waals surface area contributed by atoms with Gasteiger partial charge in [-0.1, -0.05) is 17.3 Å². The molecule has 1 aromatic carbocycles. The number of fused-ring (bicyclic) bond motifs is 1.